The van der Waals surface area contributed by atoms with Crippen LogP contribution in [0, 0.1) is 10.1 Å². The summed E-state index contributed by atoms with van der Waals surface area (Å²) in [4.78, 5) is 66.9. The zero-order valence-electron chi connectivity index (χ0n) is 26.4. The SMILES string of the molecule is CC[C@@H]1CN(CC(=O)O)[C@H](CC)CN(C(C(=O)O)c2ccc([N+](=O)[O-])cc2)[C@H](CC)CN(CC(=O)O)[C@H](CC)CN1CC(=O)O. The molecule has 0 bridgehead atoms. The third kappa shape index (κ3) is 10.7. The average molecular weight is 638 g/mol. The van der Waals surface area contributed by atoms with Crippen LogP contribution in [0.3, 0.4) is 0 Å². The zero-order valence-corrected chi connectivity index (χ0v) is 26.4. The lowest BCUT2D eigenvalue weighted by atomic mass is 9.97. The summed E-state index contributed by atoms with van der Waals surface area (Å²) in [6.07, 6.45) is 1.84. The Balaban J connectivity index is 2.80. The van der Waals surface area contributed by atoms with Gasteiger partial charge in [-0.05, 0) is 31.2 Å². The highest BCUT2D eigenvalue weighted by atomic mass is 16.6. The molecule has 5 atom stereocenters. The van der Waals surface area contributed by atoms with E-state index in [0.717, 1.165) is 0 Å². The Bertz CT molecular complexity index is 1150. The van der Waals surface area contributed by atoms with E-state index in [9.17, 15) is 49.7 Å². The Morgan fingerprint density at radius 1 is 0.689 bits per heavy atom. The van der Waals surface area contributed by atoms with Gasteiger partial charge in [-0.2, -0.15) is 0 Å². The molecule has 0 amide bonds. The number of hydrogen-bond acceptors (Lipinski definition) is 10. The van der Waals surface area contributed by atoms with E-state index in [1.165, 1.54) is 24.3 Å². The highest BCUT2D eigenvalue weighted by molar-refractivity contribution is 5.76. The largest absolute Gasteiger partial charge is 0.480 e. The summed E-state index contributed by atoms with van der Waals surface area (Å²) >= 11 is 0. The van der Waals surface area contributed by atoms with Gasteiger partial charge in [0.1, 0.15) is 6.04 Å². The van der Waals surface area contributed by atoms with Crippen LogP contribution in [0.15, 0.2) is 24.3 Å². The normalized spacial score (nSPS) is 23.8. The van der Waals surface area contributed by atoms with Crippen LogP contribution in [0.25, 0.3) is 0 Å². The van der Waals surface area contributed by atoms with E-state index in [2.05, 4.69) is 0 Å². The van der Waals surface area contributed by atoms with Gasteiger partial charge in [0.2, 0.25) is 0 Å². The molecule has 0 aromatic heterocycles. The van der Waals surface area contributed by atoms with E-state index < -0.39 is 53.0 Å². The number of carbonyl (C=O) groups is 4. The first-order valence-electron chi connectivity index (χ1n) is 15.4. The first kappa shape index (κ1) is 37.5. The molecule has 15 heteroatoms. The third-order valence-corrected chi connectivity index (χ3v) is 8.66. The van der Waals surface area contributed by atoms with Crippen LogP contribution in [0.1, 0.15) is 65.0 Å². The number of rotatable bonds is 14. The Morgan fingerprint density at radius 3 is 1.36 bits per heavy atom. The van der Waals surface area contributed by atoms with Crippen LogP contribution in [0.4, 0.5) is 5.69 Å². The molecule has 252 valence electrons. The molecule has 1 unspecified atom stereocenters. The smallest absolute Gasteiger partial charge is 0.325 e. The van der Waals surface area contributed by atoms with Gasteiger partial charge >= 0.3 is 23.9 Å². The predicted molar refractivity (Wildman–Crippen MR) is 164 cm³/mol. The van der Waals surface area contributed by atoms with E-state index in [4.69, 9.17) is 0 Å². The molecule has 1 aliphatic rings. The number of carboxylic acid groups (broad SMARTS) is 4. The fraction of sp³-hybridized carbons (Fsp3) is 0.667. The maximum atomic E-state index is 13.0. The fourth-order valence-electron chi connectivity index (χ4n) is 6.30. The Hall–Kier alpha value is -3.66. The number of nitro groups is 1. The van der Waals surface area contributed by atoms with Crippen LogP contribution in [-0.2, 0) is 19.2 Å². The van der Waals surface area contributed by atoms with Gasteiger partial charge in [0.15, 0.2) is 0 Å². The molecule has 15 nitrogen and oxygen atoms in total. The molecule has 0 radical (unpaired) electrons. The second kappa shape index (κ2) is 17.7. The van der Waals surface area contributed by atoms with Gasteiger partial charge in [-0.25, -0.2) is 0 Å². The lowest BCUT2D eigenvalue weighted by Crippen LogP contribution is -2.60. The highest BCUT2D eigenvalue weighted by Crippen LogP contribution is 2.30. The van der Waals surface area contributed by atoms with Gasteiger partial charge < -0.3 is 20.4 Å². The van der Waals surface area contributed by atoms with Crippen molar-refractivity contribution in [3.05, 3.63) is 39.9 Å². The number of benzene rings is 1. The summed E-state index contributed by atoms with van der Waals surface area (Å²) in [5.41, 5.74) is 0.104. The maximum absolute atomic E-state index is 13.0. The average Bonchev–Trinajstić information content (AvgIpc) is 2.96. The molecule has 0 spiro atoms. The van der Waals surface area contributed by atoms with Crippen LogP contribution in [0.5, 0.6) is 0 Å². The number of nitrogens with zero attached hydrogens (tertiary/aromatic N) is 5. The van der Waals surface area contributed by atoms with Crippen molar-refractivity contribution in [3.63, 3.8) is 0 Å². The van der Waals surface area contributed by atoms with Gasteiger partial charge in [-0.1, -0.05) is 39.8 Å². The molecule has 0 aliphatic carbocycles. The molecule has 45 heavy (non-hydrogen) atoms. The van der Waals surface area contributed by atoms with E-state index in [1.54, 1.807) is 19.6 Å². The lowest BCUT2D eigenvalue weighted by Gasteiger charge is -2.46. The summed E-state index contributed by atoms with van der Waals surface area (Å²) in [7, 11) is 0. The topological polar surface area (TPSA) is 205 Å². The minimum Gasteiger partial charge on any atom is -0.480 e. The van der Waals surface area contributed by atoms with Crippen molar-refractivity contribution in [1.82, 2.24) is 19.6 Å². The van der Waals surface area contributed by atoms with E-state index in [1.807, 2.05) is 27.7 Å². The summed E-state index contributed by atoms with van der Waals surface area (Å²) < 4.78 is 0. The second-order valence-corrected chi connectivity index (χ2v) is 11.5. The van der Waals surface area contributed by atoms with Gasteiger partial charge in [0.05, 0.1) is 24.6 Å². The van der Waals surface area contributed by atoms with E-state index in [0.29, 0.717) is 31.2 Å². The van der Waals surface area contributed by atoms with Crippen LogP contribution in [-0.4, -0.2) is 139 Å². The van der Waals surface area contributed by atoms with Gasteiger partial charge in [-0.3, -0.25) is 48.9 Å². The lowest BCUT2D eigenvalue weighted by molar-refractivity contribution is -0.384. The summed E-state index contributed by atoms with van der Waals surface area (Å²) in [5, 5.41) is 51.4. The quantitative estimate of drug-likeness (QED) is 0.171. The summed E-state index contributed by atoms with van der Waals surface area (Å²) in [6.45, 7) is 7.14. The minimum atomic E-state index is -1.27. The molecule has 2 rings (SSSR count). The number of carboxylic acids is 4. The van der Waals surface area contributed by atoms with Crippen molar-refractivity contribution in [2.24, 2.45) is 0 Å². The number of hydrogen-bond donors (Lipinski definition) is 4. The van der Waals surface area contributed by atoms with Crippen molar-refractivity contribution in [1.29, 1.82) is 0 Å². The maximum Gasteiger partial charge on any atom is 0.325 e. The standard InChI is InChI=1S/C30H47N5O10/c1-5-21-14-32(18-27(38)39)23(7-3)16-34(29(30(42)43)20-9-11-25(12-10-20)35(44)45)24(8-4)15-33(19-28(40)41)22(6-2)13-31(21)17-26(36)37/h9-12,21-24,29H,5-8,13-19H2,1-4H3,(H,36,37)(H,38,39)(H,40,41)(H,42,43)/t21-,22-,23-,24-,29?/m1/s1. The fourth-order valence-corrected chi connectivity index (χ4v) is 6.30. The molecule has 1 aliphatic heterocycles. The first-order valence-corrected chi connectivity index (χ1v) is 15.4. The van der Waals surface area contributed by atoms with E-state index >= 15 is 0 Å². The van der Waals surface area contributed by atoms with Crippen LogP contribution < -0.4 is 0 Å². The molecular weight excluding hydrogens is 590 g/mol. The zero-order chi connectivity index (χ0) is 33.8. The van der Waals surface area contributed by atoms with Crippen molar-refractivity contribution in [2.45, 2.75) is 83.6 Å². The molecule has 1 aromatic carbocycles. The predicted octanol–water partition coefficient (Wildman–Crippen LogP) is 2.31. The number of non-ortho nitro benzene ring substituents is 1. The van der Waals surface area contributed by atoms with Gasteiger partial charge in [-0.15, -0.1) is 0 Å². The second-order valence-electron chi connectivity index (χ2n) is 11.5. The molecule has 4 N–H and O–H groups in total. The minimum absolute atomic E-state index is 0.101. The monoisotopic (exact) mass is 637 g/mol. The van der Waals surface area contributed by atoms with E-state index in [-0.39, 0.29) is 57.5 Å². The van der Waals surface area contributed by atoms with Crippen molar-refractivity contribution in [2.75, 3.05) is 45.8 Å². The highest BCUT2D eigenvalue weighted by Gasteiger charge is 2.39. The molecule has 1 saturated heterocycles. The molecule has 0 saturated carbocycles. The summed E-state index contributed by atoms with van der Waals surface area (Å²) in [5.74, 6) is -4.42. The molecule has 1 heterocycles. The van der Waals surface area contributed by atoms with Crippen LogP contribution >= 0.6 is 0 Å². The van der Waals surface area contributed by atoms with Crippen molar-refractivity contribution in [3.8, 4) is 0 Å². The first-order chi connectivity index (χ1) is 21.3. The number of nitro benzene ring substituents is 1. The molecular formula is C30H47N5O10. The van der Waals surface area contributed by atoms with Crippen molar-refractivity contribution >= 4 is 29.6 Å². The van der Waals surface area contributed by atoms with Gasteiger partial charge in [0, 0.05) is 62.5 Å². The summed E-state index contributed by atoms with van der Waals surface area (Å²) in [6, 6.07) is 2.24. The van der Waals surface area contributed by atoms with Crippen LogP contribution in [0.2, 0.25) is 0 Å². The van der Waals surface area contributed by atoms with Crippen molar-refractivity contribution < 1.29 is 44.5 Å². The third-order valence-electron chi connectivity index (χ3n) is 8.66. The Morgan fingerprint density at radius 2 is 1.04 bits per heavy atom. The number of aliphatic carboxylic acids is 4. The Labute approximate surface area is 263 Å². The van der Waals surface area contributed by atoms with Gasteiger partial charge in [0.25, 0.3) is 5.69 Å². The Kier molecular flexibility index (Phi) is 14.8. The molecule has 1 aromatic rings. The molecule has 1 fully saturated rings.